The van der Waals surface area contributed by atoms with Gasteiger partial charge in [-0.3, -0.25) is 4.79 Å². The summed E-state index contributed by atoms with van der Waals surface area (Å²) in [7, 11) is 0. The zero-order valence-corrected chi connectivity index (χ0v) is 15.4. The molecule has 0 spiro atoms. The van der Waals surface area contributed by atoms with E-state index in [0.29, 0.717) is 18.4 Å². The van der Waals surface area contributed by atoms with Gasteiger partial charge in [-0.1, -0.05) is 35.9 Å². The first-order valence-electron chi connectivity index (χ1n) is 9.23. The maximum absolute atomic E-state index is 13.1. The molecule has 1 saturated carbocycles. The topological polar surface area (TPSA) is 39.4 Å². The number of rotatable bonds is 6. The number of Topliss-reactive ketones (excluding diaryl/α,β-unsaturated/α-hetero) is 1. The fourth-order valence-corrected chi connectivity index (χ4v) is 3.55. The van der Waals surface area contributed by atoms with Crippen LogP contribution in [0.15, 0.2) is 76.5 Å². The van der Waals surface area contributed by atoms with Crippen molar-refractivity contribution in [3.8, 4) is 5.75 Å². The number of hydrogen-bond acceptors (Lipinski definition) is 3. The maximum Gasteiger partial charge on any atom is 0.394 e. The number of fused-ring (bicyclic) bond motifs is 1. The van der Waals surface area contributed by atoms with Crippen molar-refractivity contribution in [2.24, 2.45) is 11.8 Å². The molecule has 0 N–H and O–H groups in total. The van der Waals surface area contributed by atoms with Crippen molar-refractivity contribution in [1.82, 2.24) is 0 Å². The van der Waals surface area contributed by atoms with E-state index in [2.05, 4.69) is 4.74 Å². The van der Waals surface area contributed by atoms with E-state index in [1.54, 1.807) is 18.4 Å². The molecule has 2 aliphatic rings. The molecule has 28 heavy (non-hydrogen) atoms. The Morgan fingerprint density at radius 2 is 2.11 bits per heavy atom. The second-order valence-electron chi connectivity index (χ2n) is 7.23. The number of benzene rings is 1. The molecule has 144 valence electrons. The number of carbonyl (C=O) groups is 1. The third-order valence-corrected chi connectivity index (χ3v) is 4.94. The van der Waals surface area contributed by atoms with E-state index >= 15 is 0 Å². The van der Waals surface area contributed by atoms with Gasteiger partial charge in [-0.15, -0.1) is 0 Å². The third-order valence-electron chi connectivity index (χ3n) is 4.94. The molecule has 1 aromatic heterocycles. The molecule has 0 bridgehead atoms. The van der Waals surface area contributed by atoms with Crippen LogP contribution < -0.4 is 4.74 Å². The first kappa shape index (κ1) is 18.4. The van der Waals surface area contributed by atoms with Crippen LogP contribution in [0.1, 0.15) is 35.9 Å². The minimum absolute atomic E-state index is 0.0109. The highest BCUT2D eigenvalue weighted by atomic mass is 19.3. The first-order chi connectivity index (χ1) is 13.4. The highest BCUT2D eigenvalue weighted by Crippen LogP contribution is 2.48. The van der Waals surface area contributed by atoms with Crippen molar-refractivity contribution < 1.29 is 22.7 Å². The lowest BCUT2D eigenvalue weighted by Crippen LogP contribution is -2.19. The van der Waals surface area contributed by atoms with Gasteiger partial charge in [0.25, 0.3) is 0 Å². The van der Waals surface area contributed by atoms with Crippen molar-refractivity contribution in [2.75, 3.05) is 0 Å². The summed E-state index contributed by atoms with van der Waals surface area (Å²) in [6, 6.07) is 9.73. The Morgan fingerprint density at radius 3 is 2.86 bits per heavy atom. The summed E-state index contributed by atoms with van der Waals surface area (Å²) >= 11 is 0. The fourth-order valence-electron chi connectivity index (χ4n) is 3.55. The SMILES string of the molecule is CC(F)(F)Oc1cccc(C(=O)C2C=CC(/C=C/c3ccco3)=C3C[C@H]3C2)c1. The molecule has 5 heteroatoms. The van der Waals surface area contributed by atoms with Gasteiger partial charge in [0.15, 0.2) is 5.78 Å². The molecule has 0 amide bonds. The lowest BCUT2D eigenvalue weighted by molar-refractivity contribution is -0.158. The number of ether oxygens (including phenoxy) is 1. The molecule has 4 rings (SSSR count). The first-order valence-corrected chi connectivity index (χ1v) is 9.23. The molecule has 2 aromatic rings. The van der Waals surface area contributed by atoms with Gasteiger partial charge in [0.1, 0.15) is 11.5 Å². The number of hydrogen-bond donors (Lipinski definition) is 0. The minimum Gasteiger partial charge on any atom is -0.465 e. The summed E-state index contributed by atoms with van der Waals surface area (Å²) in [6.45, 7) is 0.674. The van der Waals surface area contributed by atoms with Crippen molar-refractivity contribution in [3.05, 3.63) is 83.4 Å². The predicted octanol–water partition coefficient (Wildman–Crippen LogP) is 6.06. The van der Waals surface area contributed by atoms with E-state index < -0.39 is 6.11 Å². The zero-order valence-electron chi connectivity index (χ0n) is 15.4. The Hall–Kier alpha value is -2.95. The van der Waals surface area contributed by atoms with E-state index in [9.17, 15) is 13.6 Å². The summed E-state index contributed by atoms with van der Waals surface area (Å²) in [4.78, 5) is 12.9. The number of alkyl halides is 2. The summed E-state index contributed by atoms with van der Waals surface area (Å²) in [5, 5.41) is 0. The lowest BCUT2D eigenvalue weighted by Gasteiger charge is -2.15. The lowest BCUT2D eigenvalue weighted by atomic mass is 9.92. The van der Waals surface area contributed by atoms with Crippen molar-refractivity contribution >= 4 is 11.9 Å². The predicted molar refractivity (Wildman–Crippen MR) is 102 cm³/mol. The van der Waals surface area contributed by atoms with Crippen LogP contribution in [0.4, 0.5) is 8.78 Å². The monoisotopic (exact) mass is 382 g/mol. The van der Waals surface area contributed by atoms with Gasteiger partial charge in [0, 0.05) is 18.4 Å². The zero-order chi connectivity index (χ0) is 19.7. The van der Waals surface area contributed by atoms with Gasteiger partial charge >= 0.3 is 6.11 Å². The van der Waals surface area contributed by atoms with Crippen LogP contribution in [-0.2, 0) is 0 Å². The Balaban J connectivity index is 1.50. The van der Waals surface area contributed by atoms with Gasteiger partial charge in [-0.05, 0) is 54.7 Å². The quantitative estimate of drug-likeness (QED) is 0.570. The molecule has 2 atom stereocenters. The molecular weight excluding hydrogens is 362 g/mol. The average Bonchev–Trinajstić information content (AvgIpc) is 3.24. The molecule has 3 nitrogen and oxygen atoms in total. The standard InChI is InChI=1S/C23H20F2O3/c1-23(24,25)28-20-5-2-4-16(13-20)22(26)17-8-7-15(21-14-18(21)12-17)9-10-19-6-3-11-27-19/h2-11,13,17-18H,12,14H2,1H3/b10-9+/t17?,18-/m1/s1. The number of carbonyl (C=O) groups excluding carboxylic acids is 1. The van der Waals surface area contributed by atoms with Gasteiger partial charge in [-0.25, -0.2) is 0 Å². The van der Waals surface area contributed by atoms with E-state index in [-0.39, 0.29) is 17.5 Å². The van der Waals surface area contributed by atoms with Gasteiger partial charge < -0.3 is 9.15 Å². The summed E-state index contributed by atoms with van der Waals surface area (Å²) in [5.41, 5.74) is 2.84. The maximum atomic E-state index is 13.1. The van der Waals surface area contributed by atoms with Crippen molar-refractivity contribution in [1.29, 1.82) is 0 Å². The van der Waals surface area contributed by atoms with Gasteiger partial charge in [0.2, 0.25) is 0 Å². The third kappa shape index (κ3) is 4.30. The van der Waals surface area contributed by atoms with Crippen LogP contribution >= 0.6 is 0 Å². The molecule has 0 aliphatic heterocycles. The van der Waals surface area contributed by atoms with Crippen LogP contribution in [0.5, 0.6) is 5.75 Å². The molecule has 1 unspecified atom stereocenters. The van der Waals surface area contributed by atoms with Crippen LogP contribution in [0.2, 0.25) is 0 Å². The molecule has 2 aliphatic carbocycles. The summed E-state index contributed by atoms with van der Waals surface area (Å²) < 4.78 is 36.1. The molecule has 0 saturated heterocycles. The normalized spacial score (nSPS) is 21.5. The van der Waals surface area contributed by atoms with Crippen LogP contribution in [-0.4, -0.2) is 11.9 Å². The smallest absolute Gasteiger partial charge is 0.394 e. The van der Waals surface area contributed by atoms with E-state index in [4.69, 9.17) is 4.42 Å². The Bertz CT molecular complexity index is 962. The average molecular weight is 382 g/mol. The Morgan fingerprint density at radius 1 is 1.25 bits per heavy atom. The van der Waals surface area contributed by atoms with Crippen LogP contribution in [0.25, 0.3) is 6.08 Å². The molecule has 0 radical (unpaired) electrons. The number of halogens is 2. The fraction of sp³-hybridized carbons (Fsp3) is 0.261. The van der Waals surface area contributed by atoms with E-state index in [0.717, 1.165) is 24.2 Å². The van der Waals surface area contributed by atoms with Gasteiger partial charge in [-0.2, -0.15) is 8.78 Å². The molecule has 1 heterocycles. The Kier molecular flexibility index (Phi) is 4.75. The van der Waals surface area contributed by atoms with E-state index in [1.807, 2.05) is 36.4 Å². The molecule has 1 fully saturated rings. The van der Waals surface area contributed by atoms with E-state index in [1.165, 1.54) is 17.7 Å². The Labute approximate surface area is 162 Å². The molecular formula is C23H20F2O3. The summed E-state index contributed by atoms with van der Waals surface area (Å²) in [6.07, 6.45) is 7.86. The van der Waals surface area contributed by atoms with Crippen molar-refractivity contribution in [2.45, 2.75) is 25.9 Å². The second kappa shape index (κ2) is 7.23. The van der Waals surface area contributed by atoms with Crippen LogP contribution in [0, 0.1) is 11.8 Å². The van der Waals surface area contributed by atoms with Gasteiger partial charge in [0.05, 0.1) is 6.26 Å². The van der Waals surface area contributed by atoms with Crippen LogP contribution in [0.3, 0.4) is 0 Å². The second-order valence-corrected chi connectivity index (χ2v) is 7.23. The highest BCUT2D eigenvalue weighted by Gasteiger charge is 2.37. The number of allylic oxidation sites excluding steroid dienone is 5. The van der Waals surface area contributed by atoms with Crippen molar-refractivity contribution in [3.63, 3.8) is 0 Å². The molecule has 1 aromatic carbocycles. The minimum atomic E-state index is -3.29. The largest absolute Gasteiger partial charge is 0.465 e. The highest BCUT2D eigenvalue weighted by molar-refractivity contribution is 5.99. The number of ketones is 1. The summed E-state index contributed by atoms with van der Waals surface area (Å²) in [5.74, 6) is 0.793. The number of furan rings is 1.